The van der Waals surface area contributed by atoms with Crippen LogP contribution in [-0.2, 0) is 4.79 Å². The fraction of sp³-hybridized carbons (Fsp3) is 0.167. The Morgan fingerprint density at radius 1 is 1.44 bits per heavy atom. The van der Waals surface area contributed by atoms with Gasteiger partial charge in [0.2, 0.25) is 0 Å². The van der Waals surface area contributed by atoms with Crippen molar-refractivity contribution in [3.8, 4) is 0 Å². The summed E-state index contributed by atoms with van der Waals surface area (Å²) in [4.78, 5) is 25.5. The van der Waals surface area contributed by atoms with Gasteiger partial charge in [-0.2, -0.15) is 0 Å². The molecule has 1 heterocycles. The largest absolute Gasteiger partial charge is 0.481 e. The summed E-state index contributed by atoms with van der Waals surface area (Å²) in [5.41, 5.74) is 0.768. The minimum absolute atomic E-state index is 0.0700. The van der Waals surface area contributed by atoms with E-state index in [1.54, 1.807) is 12.1 Å². The van der Waals surface area contributed by atoms with Crippen molar-refractivity contribution in [3.63, 3.8) is 0 Å². The van der Waals surface area contributed by atoms with E-state index in [2.05, 4.69) is 4.98 Å². The van der Waals surface area contributed by atoms with Gasteiger partial charge >= 0.3 is 5.97 Å². The molecule has 0 aliphatic heterocycles. The van der Waals surface area contributed by atoms with Crippen LogP contribution in [0.5, 0.6) is 0 Å². The van der Waals surface area contributed by atoms with Crippen LogP contribution < -0.4 is 0 Å². The molecule has 92 valence electrons. The normalized spacial score (nSPS) is 12.3. The quantitative estimate of drug-likeness (QED) is 0.662. The molecule has 0 amide bonds. The van der Waals surface area contributed by atoms with E-state index < -0.39 is 16.8 Å². The number of pyridine rings is 1. The molecule has 1 unspecified atom stereocenters. The van der Waals surface area contributed by atoms with Crippen molar-refractivity contribution in [2.75, 3.05) is 0 Å². The van der Waals surface area contributed by atoms with Gasteiger partial charge in [-0.15, -0.1) is 0 Å². The predicted octanol–water partition coefficient (Wildman–Crippen LogP) is 2.33. The molecule has 6 nitrogen and oxygen atoms in total. The Hall–Kier alpha value is -2.50. The Labute approximate surface area is 102 Å². The minimum atomic E-state index is -0.990. The molecule has 0 bridgehead atoms. The third-order valence-electron chi connectivity index (χ3n) is 2.81. The van der Waals surface area contributed by atoms with Gasteiger partial charge in [0, 0.05) is 12.3 Å². The number of carbonyl (C=O) groups is 1. The van der Waals surface area contributed by atoms with Crippen LogP contribution in [0.2, 0.25) is 0 Å². The summed E-state index contributed by atoms with van der Waals surface area (Å²) < 4.78 is 0. The number of hydrogen-bond donors (Lipinski definition) is 1. The van der Waals surface area contributed by atoms with E-state index in [0.29, 0.717) is 16.5 Å². The number of aliphatic carboxylic acids is 1. The number of hydrogen-bond acceptors (Lipinski definition) is 4. The van der Waals surface area contributed by atoms with Crippen molar-refractivity contribution in [2.24, 2.45) is 0 Å². The van der Waals surface area contributed by atoms with Crippen LogP contribution in [0.25, 0.3) is 10.9 Å². The smallest absolute Gasteiger partial charge is 0.310 e. The maximum Gasteiger partial charge on any atom is 0.310 e. The number of benzene rings is 1. The van der Waals surface area contributed by atoms with Crippen LogP contribution in [-0.4, -0.2) is 21.0 Å². The highest BCUT2D eigenvalue weighted by molar-refractivity contribution is 5.93. The monoisotopic (exact) mass is 246 g/mol. The molecule has 0 aliphatic carbocycles. The second-order valence-corrected chi connectivity index (χ2v) is 3.89. The number of aromatic nitrogens is 1. The molecule has 1 N–H and O–H groups in total. The lowest BCUT2D eigenvalue weighted by molar-refractivity contribution is -0.383. The summed E-state index contributed by atoms with van der Waals surface area (Å²) in [5.74, 6) is -1.75. The van der Waals surface area contributed by atoms with E-state index in [-0.39, 0.29) is 5.69 Å². The highest BCUT2D eigenvalue weighted by atomic mass is 16.6. The molecule has 1 aromatic carbocycles. The molecule has 2 rings (SSSR count). The van der Waals surface area contributed by atoms with Crippen molar-refractivity contribution in [3.05, 3.63) is 46.1 Å². The number of carboxylic acid groups (broad SMARTS) is 1. The molecule has 18 heavy (non-hydrogen) atoms. The van der Waals surface area contributed by atoms with Gasteiger partial charge in [0.1, 0.15) is 0 Å². The lowest BCUT2D eigenvalue weighted by atomic mass is 9.97. The minimum Gasteiger partial charge on any atom is -0.481 e. The topological polar surface area (TPSA) is 93.3 Å². The maximum absolute atomic E-state index is 11.0. The average Bonchev–Trinajstić information content (AvgIpc) is 2.36. The summed E-state index contributed by atoms with van der Waals surface area (Å²) in [6.45, 7) is 1.53. The first-order chi connectivity index (χ1) is 8.52. The first-order valence-electron chi connectivity index (χ1n) is 5.27. The number of carboxylic acids is 1. The lowest BCUT2D eigenvalue weighted by Crippen LogP contribution is -2.08. The lowest BCUT2D eigenvalue weighted by Gasteiger charge is -2.09. The van der Waals surface area contributed by atoms with Gasteiger partial charge in [0.05, 0.1) is 21.7 Å². The molecule has 0 saturated carbocycles. The molecular formula is C12H10N2O4. The molecule has 1 aromatic heterocycles. The van der Waals surface area contributed by atoms with Gasteiger partial charge in [0.25, 0.3) is 5.69 Å². The van der Waals surface area contributed by atoms with E-state index in [1.165, 1.54) is 25.3 Å². The third kappa shape index (κ3) is 1.88. The van der Waals surface area contributed by atoms with Crippen molar-refractivity contribution < 1.29 is 14.8 Å². The van der Waals surface area contributed by atoms with Gasteiger partial charge in [-0.3, -0.25) is 19.9 Å². The Balaban J connectivity index is 2.76. The molecule has 0 radical (unpaired) electrons. The maximum atomic E-state index is 11.0. The molecule has 0 saturated heterocycles. The molecule has 6 heteroatoms. The number of nitro groups is 1. The number of non-ortho nitro benzene ring substituents is 1. The van der Waals surface area contributed by atoms with Crippen molar-refractivity contribution in [2.45, 2.75) is 12.8 Å². The molecular weight excluding hydrogens is 236 g/mol. The standard InChI is InChI=1S/C12H10N2O4/c1-7(12(15)16)8-4-5-10(14(17)18)9-3-2-6-13-11(8)9/h2-7H,1H3,(H,15,16). The van der Waals surface area contributed by atoms with Crippen molar-refractivity contribution in [1.82, 2.24) is 4.98 Å². The fourth-order valence-electron chi connectivity index (χ4n) is 1.82. The Kier molecular flexibility index (Phi) is 2.93. The summed E-state index contributed by atoms with van der Waals surface area (Å²) >= 11 is 0. The zero-order chi connectivity index (χ0) is 13.3. The summed E-state index contributed by atoms with van der Waals surface area (Å²) in [6, 6.07) is 5.92. The van der Waals surface area contributed by atoms with E-state index in [0.717, 1.165) is 0 Å². The Morgan fingerprint density at radius 3 is 2.78 bits per heavy atom. The fourth-order valence-corrected chi connectivity index (χ4v) is 1.82. The van der Waals surface area contributed by atoms with Gasteiger partial charge in [0.15, 0.2) is 0 Å². The van der Waals surface area contributed by atoms with E-state index >= 15 is 0 Å². The first-order valence-corrected chi connectivity index (χ1v) is 5.27. The van der Waals surface area contributed by atoms with Gasteiger partial charge in [-0.05, 0) is 30.7 Å². The summed E-state index contributed by atoms with van der Waals surface area (Å²) in [7, 11) is 0. The second kappa shape index (κ2) is 4.40. The van der Waals surface area contributed by atoms with Gasteiger partial charge in [-0.1, -0.05) is 0 Å². The number of nitro benzene ring substituents is 1. The zero-order valence-corrected chi connectivity index (χ0v) is 9.53. The van der Waals surface area contributed by atoms with E-state index in [4.69, 9.17) is 5.11 Å². The summed E-state index contributed by atoms with van der Waals surface area (Å²) in [5, 5.41) is 20.3. The second-order valence-electron chi connectivity index (χ2n) is 3.89. The molecule has 0 fully saturated rings. The van der Waals surface area contributed by atoms with Crippen molar-refractivity contribution in [1.29, 1.82) is 0 Å². The van der Waals surface area contributed by atoms with Crippen LogP contribution in [0, 0.1) is 10.1 Å². The SMILES string of the molecule is CC(C(=O)O)c1ccc([N+](=O)[O-])c2cccnc12. The highest BCUT2D eigenvalue weighted by Crippen LogP contribution is 2.30. The van der Waals surface area contributed by atoms with Gasteiger partial charge < -0.3 is 5.11 Å². The Bertz CT molecular complexity index is 639. The van der Waals surface area contributed by atoms with Crippen LogP contribution >= 0.6 is 0 Å². The number of fused-ring (bicyclic) bond motifs is 1. The average molecular weight is 246 g/mol. The zero-order valence-electron chi connectivity index (χ0n) is 9.53. The van der Waals surface area contributed by atoms with E-state index in [1.807, 2.05) is 0 Å². The van der Waals surface area contributed by atoms with Crippen LogP contribution in [0.15, 0.2) is 30.5 Å². The van der Waals surface area contributed by atoms with E-state index in [9.17, 15) is 14.9 Å². The first kappa shape index (κ1) is 12.0. The Morgan fingerprint density at radius 2 is 2.17 bits per heavy atom. The molecule has 2 aromatic rings. The van der Waals surface area contributed by atoms with Crippen LogP contribution in [0.3, 0.4) is 0 Å². The molecule has 1 atom stereocenters. The van der Waals surface area contributed by atoms with Crippen molar-refractivity contribution >= 4 is 22.6 Å². The summed E-state index contributed by atoms with van der Waals surface area (Å²) in [6.07, 6.45) is 1.49. The number of nitrogens with zero attached hydrogens (tertiary/aromatic N) is 2. The number of rotatable bonds is 3. The van der Waals surface area contributed by atoms with Crippen LogP contribution in [0.1, 0.15) is 18.4 Å². The predicted molar refractivity (Wildman–Crippen MR) is 64.4 cm³/mol. The third-order valence-corrected chi connectivity index (χ3v) is 2.81. The molecule has 0 aliphatic rings. The molecule has 0 spiro atoms. The van der Waals surface area contributed by atoms with Crippen LogP contribution in [0.4, 0.5) is 5.69 Å². The highest BCUT2D eigenvalue weighted by Gasteiger charge is 2.21. The van der Waals surface area contributed by atoms with Gasteiger partial charge in [-0.25, -0.2) is 0 Å².